The van der Waals surface area contributed by atoms with E-state index in [9.17, 15) is 9.90 Å². The molecule has 1 fully saturated rings. The fraction of sp³-hybridized carbons (Fsp3) is 0.565. The van der Waals surface area contributed by atoms with Gasteiger partial charge in [0.1, 0.15) is 12.1 Å². The molecule has 5 heteroatoms. The molecule has 3 aliphatic rings. The Hall–Kier alpha value is -2.14. The molecule has 0 bridgehead atoms. The first kappa shape index (κ1) is 19.2. The Bertz CT molecular complexity index is 799. The zero-order valence-electron chi connectivity index (χ0n) is 17.1. The maximum Gasteiger partial charge on any atom is 0.166 e. The van der Waals surface area contributed by atoms with E-state index in [2.05, 4.69) is 19.2 Å². The lowest BCUT2D eigenvalue weighted by molar-refractivity contribution is -0.117. The molecular weight excluding hydrogens is 350 g/mol. The summed E-state index contributed by atoms with van der Waals surface area (Å²) in [5, 5.41) is 14.5. The first-order valence-corrected chi connectivity index (χ1v) is 10.6. The zero-order chi connectivity index (χ0) is 19.8. The molecule has 4 atom stereocenters. The molecule has 0 radical (unpaired) electrons. The van der Waals surface area contributed by atoms with E-state index < -0.39 is 6.23 Å². The van der Waals surface area contributed by atoms with Gasteiger partial charge in [0.05, 0.1) is 12.0 Å². The van der Waals surface area contributed by atoms with Crippen LogP contribution in [0.3, 0.4) is 0 Å². The maximum atomic E-state index is 13.4. The summed E-state index contributed by atoms with van der Waals surface area (Å²) in [5.41, 5.74) is 2.97. The molecule has 4 rings (SSSR count). The number of anilines is 1. The van der Waals surface area contributed by atoms with Crippen molar-refractivity contribution in [2.75, 3.05) is 11.9 Å². The Kier molecular flexibility index (Phi) is 5.28. The summed E-state index contributed by atoms with van der Waals surface area (Å²) in [6.45, 7) is 4.18. The number of nitrogens with zero attached hydrogens (tertiary/aromatic N) is 2. The van der Waals surface area contributed by atoms with Gasteiger partial charge in [-0.15, -0.1) is 0 Å². The van der Waals surface area contributed by atoms with E-state index in [0.29, 0.717) is 0 Å². The van der Waals surface area contributed by atoms with E-state index in [1.165, 1.54) is 6.42 Å². The Morgan fingerprint density at radius 1 is 1.18 bits per heavy atom. The van der Waals surface area contributed by atoms with E-state index in [1.54, 1.807) is 0 Å². The Morgan fingerprint density at radius 3 is 2.57 bits per heavy atom. The Labute approximate surface area is 167 Å². The molecule has 1 aromatic carbocycles. The number of aliphatic hydroxyl groups excluding tert-OH is 1. The summed E-state index contributed by atoms with van der Waals surface area (Å²) in [6, 6.07) is 9.81. The van der Waals surface area contributed by atoms with Crippen molar-refractivity contribution in [2.24, 2.45) is 22.7 Å². The molecule has 150 valence electrons. The molecule has 5 nitrogen and oxygen atoms in total. The highest BCUT2D eigenvalue weighted by atomic mass is 16.3. The van der Waals surface area contributed by atoms with E-state index in [1.807, 2.05) is 42.3 Å². The minimum atomic E-state index is -0.708. The number of fused-ring (bicyclic) bond motifs is 1. The molecule has 0 amide bonds. The highest BCUT2D eigenvalue weighted by Crippen LogP contribution is 2.51. The summed E-state index contributed by atoms with van der Waals surface area (Å²) in [6.07, 6.45) is 4.43. The molecule has 1 heterocycles. The number of carbonyl (C=O) groups excluding carboxylic acids is 1. The smallest absolute Gasteiger partial charge is 0.166 e. The van der Waals surface area contributed by atoms with Crippen LogP contribution in [0.2, 0.25) is 0 Å². The topological polar surface area (TPSA) is 64.9 Å². The van der Waals surface area contributed by atoms with Crippen molar-refractivity contribution >= 4 is 17.3 Å². The molecule has 0 spiro atoms. The fourth-order valence-corrected chi connectivity index (χ4v) is 4.83. The van der Waals surface area contributed by atoms with Gasteiger partial charge in [0.2, 0.25) is 0 Å². The number of amidine groups is 1. The molecule has 4 unspecified atom stereocenters. The van der Waals surface area contributed by atoms with E-state index in [4.69, 9.17) is 4.99 Å². The minimum absolute atomic E-state index is 0.0891. The number of hydrogen-bond donors (Lipinski definition) is 2. The van der Waals surface area contributed by atoms with Gasteiger partial charge in [-0.2, -0.15) is 0 Å². The van der Waals surface area contributed by atoms with Gasteiger partial charge in [-0.3, -0.25) is 9.79 Å². The van der Waals surface area contributed by atoms with Crippen LogP contribution in [-0.2, 0) is 4.79 Å². The SMILES string of the molecule is CNC1=C(C(=O)C2C3N=C(C(C)C)N(c4ccccc4)C(O)C32)CCCCC1. The molecule has 0 saturated heterocycles. The van der Waals surface area contributed by atoms with Crippen LogP contribution in [0, 0.1) is 17.8 Å². The number of nitrogens with one attached hydrogen (secondary N) is 1. The van der Waals surface area contributed by atoms with Crippen LogP contribution in [0.5, 0.6) is 0 Å². The predicted octanol–water partition coefficient (Wildman–Crippen LogP) is 3.50. The van der Waals surface area contributed by atoms with E-state index in [-0.39, 0.29) is 29.6 Å². The molecule has 1 aromatic rings. The van der Waals surface area contributed by atoms with Crippen LogP contribution in [0.1, 0.15) is 46.0 Å². The second-order valence-electron chi connectivity index (χ2n) is 8.49. The number of carbonyl (C=O) groups is 1. The molecular formula is C23H31N3O2. The lowest BCUT2D eigenvalue weighted by atomic mass is 9.99. The van der Waals surface area contributed by atoms with Crippen molar-refractivity contribution in [3.05, 3.63) is 41.6 Å². The number of hydrogen-bond acceptors (Lipinski definition) is 5. The van der Waals surface area contributed by atoms with Gasteiger partial charge >= 0.3 is 0 Å². The van der Waals surface area contributed by atoms with E-state index >= 15 is 0 Å². The molecule has 1 aliphatic heterocycles. The van der Waals surface area contributed by atoms with Crippen LogP contribution < -0.4 is 10.2 Å². The second-order valence-corrected chi connectivity index (χ2v) is 8.49. The number of aliphatic hydroxyl groups is 1. The van der Waals surface area contributed by atoms with E-state index in [0.717, 1.165) is 48.5 Å². The Balaban J connectivity index is 1.64. The van der Waals surface area contributed by atoms with Crippen molar-refractivity contribution in [3.8, 4) is 0 Å². The number of allylic oxidation sites excluding steroid dienone is 2. The van der Waals surface area contributed by atoms with Gasteiger partial charge in [0.15, 0.2) is 5.78 Å². The van der Waals surface area contributed by atoms with Crippen LogP contribution in [0.15, 0.2) is 46.6 Å². The second kappa shape index (κ2) is 7.70. The predicted molar refractivity (Wildman–Crippen MR) is 112 cm³/mol. The first-order chi connectivity index (χ1) is 13.5. The number of para-hydroxylation sites is 1. The van der Waals surface area contributed by atoms with Crippen LogP contribution in [-0.4, -0.2) is 36.0 Å². The van der Waals surface area contributed by atoms with Crippen molar-refractivity contribution in [1.29, 1.82) is 0 Å². The number of Topliss-reactive ketones (excluding diaryl/α,β-unsaturated/α-hetero) is 1. The maximum absolute atomic E-state index is 13.4. The molecule has 1 saturated carbocycles. The van der Waals surface area contributed by atoms with Crippen LogP contribution in [0.25, 0.3) is 0 Å². The largest absolute Gasteiger partial charge is 0.391 e. The first-order valence-electron chi connectivity index (χ1n) is 10.6. The van der Waals surface area contributed by atoms with Crippen molar-refractivity contribution in [1.82, 2.24) is 5.32 Å². The van der Waals surface area contributed by atoms with Crippen LogP contribution >= 0.6 is 0 Å². The quantitative estimate of drug-likeness (QED) is 0.819. The average molecular weight is 382 g/mol. The molecule has 2 N–H and O–H groups in total. The summed E-state index contributed by atoms with van der Waals surface area (Å²) in [4.78, 5) is 20.3. The normalized spacial score (nSPS) is 29.9. The number of aliphatic imine (C=N–C) groups is 1. The van der Waals surface area contributed by atoms with Gasteiger partial charge in [0, 0.05) is 35.8 Å². The highest BCUT2D eigenvalue weighted by Gasteiger charge is 2.63. The Morgan fingerprint density at radius 2 is 1.89 bits per heavy atom. The lowest BCUT2D eigenvalue weighted by Crippen LogP contribution is -2.47. The summed E-state index contributed by atoms with van der Waals surface area (Å²) >= 11 is 0. The highest BCUT2D eigenvalue weighted by molar-refractivity contribution is 6.04. The third kappa shape index (κ3) is 3.26. The third-order valence-electron chi connectivity index (χ3n) is 6.34. The monoisotopic (exact) mass is 381 g/mol. The number of rotatable bonds is 5. The van der Waals surface area contributed by atoms with Crippen molar-refractivity contribution in [3.63, 3.8) is 0 Å². The number of benzene rings is 1. The standard InChI is InChI=1S/C23H31N3O2/c1-14(2)22-25-20-18(21(27)16-12-8-5-9-13-17(16)24-3)19(20)23(28)26(22)15-10-6-4-7-11-15/h4,6-7,10-11,14,18-20,23-24,28H,5,8-9,12-13H2,1-3H3. The minimum Gasteiger partial charge on any atom is -0.391 e. The third-order valence-corrected chi connectivity index (χ3v) is 6.34. The van der Waals surface area contributed by atoms with Crippen molar-refractivity contribution < 1.29 is 9.90 Å². The van der Waals surface area contributed by atoms with Gasteiger partial charge in [-0.05, 0) is 37.8 Å². The zero-order valence-corrected chi connectivity index (χ0v) is 17.1. The molecule has 28 heavy (non-hydrogen) atoms. The summed E-state index contributed by atoms with van der Waals surface area (Å²) < 4.78 is 0. The summed E-state index contributed by atoms with van der Waals surface area (Å²) in [5.74, 6) is 0.927. The average Bonchev–Trinajstić information content (AvgIpc) is 3.47. The van der Waals surface area contributed by atoms with Crippen molar-refractivity contribution in [2.45, 2.75) is 58.2 Å². The van der Waals surface area contributed by atoms with Gasteiger partial charge in [-0.25, -0.2) is 0 Å². The molecule has 0 aromatic heterocycles. The number of ketones is 1. The fourth-order valence-electron chi connectivity index (χ4n) is 4.83. The van der Waals surface area contributed by atoms with Gasteiger partial charge < -0.3 is 15.3 Å². The summed E-state index contributed by atoms with van der Waals surface area (Å²) in [7, 11) is 1.91. The van der Waals surface area contributed by atoms with Crippen LogP contribution in [0.4, 0.5) is 5.69 Å². The van der Waals surface area contributed by atoms with Gasteiger partial charge in [0.25, 0.3) is 0 Å². The van der Waals surface area contributed by atoms with Gasteiger partial charge in [-0.1, -0.05) is 38.5 Å². The lowest BCUT2D eigenvalue weighted by Gasteiger charge is -2.35. The molecule has 2 aliphatic carbocycles.